The fourth-order valence-electron chi connectivity index (χ4n) is 11.1. The molecule has 19 heteroatoms. The van der Waals surface area contributed by atoms with Gasteiger partial charge in [-0.3, -0.25) is 37.3 Å². The molecule has 17 nitrogen and oxygen atoms in total. The van der Waals surface area contributed by atoms with Gasteiger partial charge in [0.15, 0.2) is 12.2 Å². The molecule has 0 aromatic heterocycles. The number of unbranched alkanes of at least 4 members (excludes halogenated alkanes) is 41. The Morgan fingerprint density at radius 2 is 0.554 bits per heavy atom. The summed E-state index contributed by atoms with van der Waals surface area (Å²) in [5, 5.41) is 10.6. The summed E-state index contributed by atoms with van der Waals surface area (Å²) in [6.45, 7) is 9.58. The second kappa shape index (κ2) is 65.0. The first kappa shape index (κ1) is 90.1. The molecule has 3 N–H and O–H groups in total. The molecule has 92 heavy (non-hydrogen) atoms. The number of phosphoric ester groups is 2. The van der Waals surface area contributed by atoms with Crippen LogP contribution < -0.4 is 0 Å². The van der Waals surface area contributed by atoms with E-state index in [1.165, 1.54) is 186 Å². The van der Waals surface area contributed by atoms with E-state index in [0.717, 1.165) is 108 Å². The van der Waals surface area contributed by atoms with Gasteiger partial charge in [0, 0.05) is 25.7 Å². The van der Waals surface area contributed by atoms with Gasteiger partial charge >= 0.3 is 39.5 Å². The van der Waals surface area contributed by atoms with Gasteiger partial charge in [-0.2, -0.15) is 0 Å². The molecule has 0 amide bonds. The smallest absolute Gasteiger partial charge is 0.462 e. The maximum absolute atomic E-state index is 13.1. The lowest BCUT2D eigenvalue weighted by molar-refractivity contribution is -0.161. The summed E-state index contributed by atoms with van der Waals surface area (Å²) in [6.07, 6.45) is 51.5. The van der Waals surface area contributed by atoms with Crippen molar-refractivity contribution in [2.24, 2.45) is 11.8 Å². The highest BCUT2D eigenvalue weighted by atomic mass is 31.2. The molecule has 546 valence electrons. The van der Waals surface area contributed by atoms with Gasteiger partial charge in [0.2, 0.25) is 0 Å². The van der Waals surface area contributed by atoms with Crippen LogP contribution in [-0.4, -0.2) is 96.7 Å². The minimum Gasteiger partial charge on any atom is -0.462 e. The summed E-state index contributed by atoms with van der Waals surface area (Å²) < 4.78 is 68.2. The van der Waals surface area contributed by atoms with E-state index >= 15 is 0 Å². The minimum absolute atomic E-state index is 0.106. The van der Waals surface area contributed by atoms with Gasteiger partial charge in [0.05, 0.1) is 26.4 Å². The predicted octanol–water partition coefficient (Wildman–Crippen LogP) is 21.2. The van der Waals surface area contributed by atoms with Crippen molar-refractivity contribution in [2.75, 3.05) is 39.6 Å². The molecule has 0 aromatic carbocycles. The highest BCUT2D eigenvalue weighted by Crippen LogP contribution is 2.45. The van der Waals surface area contributed by atoms with Crippen LogP contribution in [0.4, 0.5) is 0 Å². The molecule has 0 saturated heterocycles. The van der Waals surface area contributed by atoms with Crippen LogP contribution in [0.25, 0.3) is 0 Å². The molecule has 0 radical (unpaired) electrons. The van der Waals surface area contributed by atoms with Crippen LogP contribution in [0, 0.1) is 11.8 Å². The molecule has 6 atom stereocenters. The third-order valence-corrected chi connectivity index (χ3v) is 19.2. The SMILES string of the molecule is CCCCCCCCCCCC(=O)O[C@H](COC(=O)CCCCCCCCCC)COP(=O)(O)OC[C@H](O)COP(=O)(O)OC[C@@H](COC(=O)CCCCCCCCCCCCC(C)C)OC(=O)CCCCCCCCCCCCCCCCCCCCC(C)CC. The molecule has 0 aliphatic heterocycles. The van der Waals surface area contributed by atoms with Gasteiger partial charge in [-0.25, -0.2) is 9.13 Å². The monoisotopic (exact) mass is 1350 g/mol. The van der Waals surface area contributed by atoms with Crippen molar-refractivity contribution in [1.29, 1.82) is 0 Å². The average molecular weight is 1350 g/mol. The number of aliphatic hydroxyl groups excluding tert-OH is 1. The van der Waals surface area contributed by atoms with Gasteiger partial charge in [0.1, 0.15) is 19.3 Å². The average Bonchev–Trinajstić information content (AvgIpc) is 3.10. The number of phosphoric acid groups is 2. The van der Waals surface area contributed by atoms with Gasteiger partial charge in [-0.15, -0.1) is 0 Å². The van der Waals surface area contributed by atoms with E-state index in [1.54, 1.807) is 0 Å². The van der Waals surface area contributed by atoms with Crippen molar-refractivity contribution >= 4 is 39.5 Å². The molecule has 0 rings (SSSR count). The number of hydrogen-bond donors (Lipinski definition) is 3. The molecule has 0 aliphatic carbocycles. The molecule has 0 bridgehead atoms. The topological polar surface area (TPSA) is 237 Å². The third-order valence-electron chi connectivity index (χ3n) is 17.3. The molecule has 0 spiro atoms. The Labute approximate surface area is 562 Å². The number of ether oxygens (including phenoxy) is 4. The third kappa shape index (κ3) is 65.4. The van der Waals surface area contributed by atoms with Crippen LogP contribution >= 0.6 is 15.6 Å². The van der Waals surface area contributed by atoms with Crippen LogP contribution in [0.5, 0.6) is 0 Å². The van der Waals surface area contributed by atoms with Gasteiger partial charge in [-0.1, -0.05) is 324 Å². The van der Waals surface area contributed by atoms with Gasteiger partial charge < -0.3 is 33.8 Å². The van der Waals surface area contributed by atoms with Crippen LogP contribution in [0.3, 0.4) is 0 Å². The quantitative estimate of drug-likeness (QED) is 0.0222. The lowest BCUT2D eigenvalue weighted by Crippen LogP contribution is -2.30. The van der Waals surface area contributed by atoms with Gasteiger partial charge in [0.25, 0.3) is 0 Å². The first-order chi connectivity index (χ1) is 44.4. The van der Waals surface area contributed by atoms with E-state index < -0.39 is 97.5 Å². The zero-order chi connectivity index (χ0) is 67.9. The summed E-state index contributed by atoms with van der Waals surface area (Å²) in [5.74, 6) is -0.495. The van der Waals surface area contributed by atoms with E-state index in [0.29, 0.717) is 25.7 Å². The van der Waals surface area contributed by atoms with E-state index in [-0.39, 0.29) is 25.7 Å². The summed E-state index contributed by atoms with van der Waals surface area (Å²) in [6, 6.07) is 0. The van der Waals surface area contributed by atoms with E-state index in [9.17, 15) is 43.2 Å². The molecular formula is C73H142O17P2. The van der Waals surface area contributed by atoms with Crippen molar-refractivity contribution in [3.05, 3.63) is 0 Å². The second-order valence-corrected chi connectivity index (χ2v) is 30.0. The minimum atomic E-state index is -4.95. The van der Waals surface area contributed by atoms with Crippen LogP contribution in [0.15, 0.2) is 0 Å². The fourth-order valence-corrected chi connectivity index (χ4v) is 12.7. The van der Waals surface area contributed by atoms with Crippen molar-refractivity contribution < 1.29 is 80.2 Å². The Hall–Kier alpha value is -1.94. The Bertz CT molecular complexity index is 1790. The first-order valence-corrected chi connectivity index (χ1v) is 41.0. The number of carbonyl (C=O) groups is 4. The van der Waals surface area contributed by atoms with Crippen molar-refractivity contribution in [3.8, 4) is 0 Å². The maximum Gasteiger partial charge on any atom is 0.472 e. The molecular weight excluding hydrogens is 1210 g/mol. The summed E-state index contributed by atoms with van der Waals surface area (Å²) in [5.41, 5.74) is 0. The molecule has 0 aromatic rings. The number of aliphatic hydroxyl groups is 1. The lowest BCUT2D eigenvalue weighted by Gasteiger charge is -2.21. The Morgan fingerprint density at radius 3 is 0.826 bits per heavy atom. The summed E-state index contributed by atoms with van der Waals surface area (Å²) >= 11 is 0. The molecule has 0 saturated carbocycles. The summed E-state index contributed by atoms with van der Waals surface area (Å²) in [4.78, 5) is 72.5. The van der Waals surface area contributed by atoms with E-state index in [2.05, 4.69) is 41.5 Å². The molecule has 0 heterocycles. The Kier molecular flexibility index (Phi) is 63.7. The second-order valence-electron chi connectivity index (χ2n) is 27.1. The summed E-state index contributed by atoms with van der Waals surface area (Å²) in [7, 11) is -9.90. The molecule has 0 fully saturated rings. The van der Waals surface area contributed by atoms with E-state index in [4.69, 9.17) is 37.0 Å². The fraction of sp³-hybridized carbons (Fsp3) is 0.945. The van der Waals surface area contributed by atoms with Crippen molar-refractivity contribution in [2.45, 2.75) is 394 Å². The largest absolute Gasteiger partial charge is 0.472 e. The Morgan fingerprint density at radius 1 is 0.315 bits per heavy atom. The highest BCUT2D eigenvalue weighted by molar-refractivity contribution is 7.47. The maximum atomic E-state index is 13.1. The van der Waals surface area contributed by atoms with Gasteiger partial charge in [-0.05, 0) is 37.5 Å². The van der Waals surface area contributed by atoms with Crippen LogP contribution in [-0.2, 0) is 65.4 Å². The lowest BCUT2D eigenvalue weighted by atomic mass is 9.99. The number of esters is 4. The number of hydrogen-bond acceptors (Lipinski definition) is 15. The Balaban J connectivity index is 5.14. The van der Waals surface area contributed by atoms with E-state index in [1.807, 2.05) is 0 Å². The standard InChI is InChI=1S/C73H142O17P2/c1-7-10-12-14-16-30-39-45-51-57-72(77)89-68(61-83-70(75)55-49-43-37-17-15-13-11-8-2)63-87-91(79,80)85-59-67(74)60-86-92(81,82)88-64-69(62-84-71(76)56-50-44-38-33-29-28-31-35-41-47-53-65(4)5)90-73(78)58-52-46-40-34-27-25-23-21-19-18-20-22-24-26-32-36-42-48-54-66(6)9-3/h65-69,74H,7-64H2,1-6H3,(H,79,80)(H,81,82)/t66?,67-,68+,69+/m0/s1. The van der Waals surface area contributed by atoms with Crippen LogP contribution in [0.1, 0.15) is 375 Å². The molecule has 3 unspecified atom stereocenters. The number of carbonyl (C=O) groups excluding carboxylic acids is 4. The normalized spacial score (nSPS) is 14.4. The van der Waals surface area contributed by atoms with Crippen molar-refractivity contribution in [3.63, 3.8) is 0 Å². The zero-order valence-electron chi connectivity index (χ0n) is 59.9. The highest BCUT2D eigenvalue weighted by Gasteiger charge is 2.30. The van der Waals surface area contributed by atoms with Crippen LogP contribution in [0.2, 0.25) is 0 Å². The number of rotatable bonds is 72. The first-order valence-electron chi connectivity index (χ1n) is 38.0. The molecule has 0 aliphatic rings. The zero-order valence-corrected chi connectivity index (χ0v) is 61.6. The predicted molar refractivity (Wildman–Crippen MR) is 372 cm³/mol. The van der Waals surface area contributed by atoms with Crippen molar-refractivity contribution in [1.82, 2.24) is 0 Å².